The molecule has 1 aromatic carbocycles. The largest absolute Gasteiger partial charge is 0.480 e. The molecular formula is C17H27N3O5S. The van der Waals surface area contributed by atoms with E-state index >= 15 is 0 Å². The molecule has 1 fully saturated rings. The number of carbonyl (C=O) groups is 1. The molecule has 1 aliphatic heterocycles. The van der Waals surface area contributed by atoms with E-state index in [9.17, 15) is 13.2 Å². The number of likely N-dealkylation sites (N-methyl/N-ethyl adjacent to an activating group) is 1. The van der Waals surface area contributed by atoms with Crippen molar-refractivity contribution in [1.29, 1.82) is 0 Å². The van der Waals surface area contributed by atoms with Crippen LogP contribution < -0.4 is 4.90 Å². The maximum absolute atomic E-state index is 13.0. The fourth-order valence-corrected chi connectivity index (χ4v) is 4.52. The van der Waals surface area contributed by atoms with Crippen molar-refractivity contribution in [2.24, 2.45) is 0 Å². The topological polar surface area (TPSA) is 90.4 Å². The van der Waals surface area contributed by atoms with Gasteiger partial charge >= 0.3 is 5.97 Å². The summed E-state index contributed by atoms with van der Waals surface area (Å²) >= 11 is 0. The Labute approximate surface area is 155 Å². The van der Waals surface area contributed by atoms with Gasteiger partial charge in [0.05, 0.1) is 24.2 Å². The summed E-state index contributed by atoms with van der Waals surface area (Å²) in [6.45, 7) is 2.96. The highest BCUT2D eigenvalue weighted by Gasteiger charge is 2.31. The summed E-state index contributed by atoms with van der Waals surface area (Å²) in [5.41, 5.74) is 1.86. The number of aryl methyl sites for hydroxylation is 1. The maximum Gasteiger partial charge on any atom is 0.317 e. The van der Waals surface area contributed by atoms with Crippen molar-refractivity contribution in [3.63, 3.8) is 0 Å². The highest BCUT2D eigenvalue weighted by atomic mass is 32.2. The first kappa shape index (κ1) is 20.6. The molecule has 26 heavy (non-hydrogen) atoms. The predicted octanol–water partition coefficient (Wildman–Crippen LogP) is 0.467. The van der Waals surface area contributed by atoms with E-state index in [1.165, 1.54) is 4.31 Å². The van der Waals surface area contributed by atoms with Crippen molar-refractivity contribution in [3.8, 4) is 0 Å². The number of morpholine rings is 1. The number of carboxylic acid groups (broad SMARTS) is 1. The molecule has 1 heterocycles. The van der Waals surface area contributed by atoms with E-state index in [4.69, 9.17) is 9.84 Å². The summed E-state index contributed by atoms with van der Waals surface area (Å²) in [5, 5.41) is 8.84. The number of ether oxygens (including phenoxy) is 1. The Balaban J connectivity index is 2.16. The molecule has 146 valence electrons. The van der Waals surface area contributed by atoms with Gasteiger partial charge in [-0.2, -0.15) is 4.31 Å². The molecular weight excluding hydrogens is 358 g/mol. The number of sulfonamides is 1. The van der Waals surface area contributed by atoms with Crippen molar-refractivity contribution in [2.45, 2.75) is 17.9 Å². The van der Waals surface area contributed by atoms with Crippen LogP contribution in [0.3, 0.4) is 0 Å². The number of anilines is 1. The highest BCUT2D eigenvalue weighted by Crippen LogP contribution is 2.25. The monoisotopic (exact) mass is 385 g/mol. The molecule has 9 heteroatoms. The number of carboxylic acids is 1. The zero-order valence-corrected chi connectivity index (χ0v) is 16.5. The highest BCUT2D eigenvalue weighted by molar-refractivity contribution is 7.89. The van der Waals surface area contributed by atoms with Crippen molar-refractivity contribution >= 4 is 21.7 Å². The fraction of sp³-hybridized carbons (Fsp3) is 0.588. The van der Waals surface area contributed by atoms with Crippen LogP contribution in [0.4, 0.5) is 5.69 Å². The Bertz CT molecular complexity index is 751. The molecule has 1 unspecified atom stereocenters. The van der Waals surface area contributed by atoms with Gasteiger partial charge in [-0.25, -0.2) is 8.42 Å². The minimum Gasteiger partial charge on any atom is -0.480 e. The second kappa shape index (κ2) is 8.34. The van der Waals surface area contributed by atoms with Crippen molar-refractivity contribution in [2.75, 3.05) is 58.8 Å². The SMILES string of the molecule is Cc1ccc(S(=O)(=O)N2CCOC(CN(C)CC(=O)O)C2)cc1N(C)C. The average molecular weight is 385 g/mol. The molecule has 2 rings (SSSR count). The molecule has 1 N–H and O–H groups in total. The van der Waals surface area contributed by atoms with Crippen molar-refractivity contribution in [1.82, 2.24) is 9.21 Å². The van der Waals surface area contributed by atoms with E-state index < -0.39 is 16.0 Å². The second-order valence-electron chi connectivity index (χ2n) is 6.79. The molecule has 1 aromatic rings. The number of nitrogens with zero attached hydrogens (tertiary/aromatic N) is 3. The molecule has 0 amide bonds. The van der Waals surface area contributed by atoms with Gasteiger partial charge in [-0.3, -0.25) is 9.69 Å². The lowest BCUT2D eigenvalue weighted by Crippen LogP contribution is -2.49. The molecule has 1 aliphatic rings. The minimum atomic E-state index is -3.63. The predicted molar refractivity (Wildman–Crippen MR) is 99.1 cm³/mol. The Morgan fingerprint density at radius 1 is 1.35 bits per heavy atom. The van der Waals surface area contributed by atoms with Crippen LogP contribution in [-0.4, -0.2) is 88.7 Å². The third kappa shape index (κ3) is 4.94. The molecule has 0 aromatic heterocycles. The van der Waals surface area contributed by atoms with E-state index in [2.05, 4.69) is 0 Å². The standard InChI is InChI=1S/C17H27N3O5S/c1-13-5-6-15(9-16(13)18(2)3)26(23,24)20-7-8-25-14(11-20)10-19(4)12-17(21)22/h5-6,9,14H,7-8,10-12H2,1-4H3,(H,21,22). The first-order chi connectivity index (χ1) is 12.1. The molecule has 0 aliphatic carbocycles. The van der Waals surface area contributed by atoms with Crippen molar-refractivity contribution < 1.29 is 23.1 Å². The number of hydrogen-bond donors (Lipinski definition) is 1. The number of aliphatic carboxylic acids is 1. The minimum absolute atomic E-state index is 0.114. The summed E-state index contributed by atoms with van der Waals surface area (Å²) in [5.74, 6) is -0.927. The lowest BCUT2D eigenvalue weighted by molar-refractivity contribution is -0.138. The Kier molecular flexibility index (Phi) is 6.62. The summed E-state index contributed by atoms with van der Waals surface area (Å²) in [6.07, 6.45) is -0.360. The van der Waals surface area contributed by atoms with E-state index in [1.807, 2.05) is 25.9 Å². The van der Waals surface area contributed by atoms with Crippen LogP contribution in [0.5, 0.6) is 0 Å². The first-order valence-electron chi connectivity index (χ1n) is 8.41. The van der Waals surface area contributed by atoms with Gasteiger partial charge in [-0.15, -0.1) is 0 Å². The maximum atomic E-state index is 13.0. The molecule has 1 atom stereocenters. The van der Waals surface area contributed by atoms with Gasteiger partial charge in [-0.1, -0.05) is 6.07 Å². The summed E-state index contributed by atoms with van der Waals surface area (Å²) in [6, 6.07) is 5.12. The van der Waals surface area contributed by atoms with Gasteiger partial charge in [0.2, 0.25) is 10.0 Å². The Hall–Kier alpha value is -1.68. The van der Waals surface area contributed by atoms with E-state index in [1.54, 1.807) is 30.1 Å². The molecule has 0 spiro atoms. The Morgan fingerprint density at radius 3 is 2.65 bits per heavy atom. The summed E-state index contributed by atoms with van der Waals surface area (Å²) < 4.78 is 33.1. The van der Waals surface area contributed by atoms with Gasteiger partial charge in [0.25, 0.3) is 0 Å². The molecule has 1 saturated heterocycles. The zero-order chi connectivity index (χ0) is 19.5. The van der Waals surface area contributed by atoms with Crippen LogP contribution in [0.25, 0.3) is 0 Å². The van der Waals surface area contributed by atoms with Gasteiger partial charge in [-0.05, 0) is 31.7 Å². The first-order valence-corrected chi connectivity index (χ1v) is 9.85. The van der Waals surface area contributed by atoms with Crippen LogP contribution in [0.15, 0.2) is 23.1 Å². The third-order valence-corrected chi connectivity index (χ3v) is 6.18. The average Bonchev–Trinajstić information content (AvgIpc) is 2.54. The van der Waals surface area contributed by atoms with E-state index in [0.717, 1.165) is 11.3 Å². The van der Waals surface area contributed by atoms with Gasteiger partial charge in [0.15, 0.2) is 0 Å². The van der Waals surface area contributed by atoms with Crippen LogP contribution in [0, 0.1) is 6.92 Å². The quantitative estimate of drug-likeness (QED) is 0.729. The number of hydrogen-bond acceptors (Lipinski definition) is 6. The molecule has 0 bridgehead atoms. The number of rotatable bonds is 7. The lowest BCUT2D eigenvalue weighted by Gasteiger charge is -2.34. The van der Waals surface area contributed by atoms with Crippen LogP contribution in [0.2, 0.25) is 0 Å². The molecule has 0 radical (unpaired) electrons. The smallest absolute Gasteiger partial charge is 0.317 e. The van der Waals surface area contributed by atoms with E-state index in [-0.39, 0.29) is 37.2 Å². The zero-order valence-electron chi connectivity index (χ0n) is 15.7. The van der Waals surface area contributed by atoms with E-state index in [0.29, 0.717) is 6.54 Å². The summed E-state index contributed by atoms with van der Waals surface area (Å²) in [4.78, 5) is 14.5. The normalized spacial score (nSPS) is 18.9. The third-order valence-electron chi connectivity index (χ3n) is 4.32. The van der Waals surface area contributed by atoms with Crippen LogP contribution in [0.1, 0.15) is 5.56 Å². The van der Waals surface area contributed by atoms with Crippen LogP contribution >= 0.6 is 0 Å². The van der Waals surface area contributed by atoms with Gasteiger partial charge in [0, 0.05) is 39.4 Å². The lowest BCUT2D eigenvalue weighted by atomic mass is 10.2. The summed E-state index contributed by atoms with van der Waals surface area (Å²) in [7, 11) is 1.79. The van der Waals surface area contributed by atoms with Crippen molar-refractivity contribution in [3.05, 3.63) is 23.8 Å². The van der Waals surface area contributed by atoms with Gasteiger partial charge < -0.3 is 14.7 Å². The molecule has 8 nitrogen and oxygen atoms in total. The van der Waals surface area contributed by atoms with Gasteiger partial charge in [0.1, 0.15) is 0 Å². The molecule has 0 saturated carbocycles. The fourth-order valence-electron chi connectivity index (χ4n) is 3.04. The number of benzene rings is 1. The Morgan fingerprint density at radius 2 is 2.04 bits per heavy atom. The second-order valence-corrected chi connectivity index (χ2v) is 8.73. The van der Waals surface area contributed by atoms with Crippen LogP contribution in [-0.2, 0) is 19.6 Å².